The van der Waals surface area contributed by atoms with Gasteiger partial charge in [0.25, 0.3) is 10.0 Å². The Balaban J connectivity index is 1.67. The van der Waals surface area contributed by atoms with Crippen molar-refractivity contribution in [3.8, 4) is 11.1 Å². The molecular weight excluding hydrogens is 412 g/mol. The monoisotopic (exact) mass is 427 g/mol. The molecular formula is C20H15F2N5O2S. The van der Waals surface area contributed by atoms with Crippen molar-refractivity contribution in [3.63, 3.8) is 0 Å². The van der Waals surface area contributed by atoms with Crippen LogP contribution in [0.15, 0.2) is 77.2 Å². The molecule has 0 atom stereocenters. The zero-order valence-electron chi connectivity index (χ0n) is 15.6. The number of hydrogen-bond acceptors (Lipinski definition) is 5. The summed E-state index contributed by atoms with van der Waals surface area (Å²) >= 11 is 0. The average molecular weight is 427 g/mol. The van der Waals surface area contributed by atoms with Gasteiger partial charge in [-0.3, -0.25) is 9.38 Å². The molecule has 4 rings (SSSR count). The Morgan fingerprint density at radius 1 is 1.10 bits per heavy atom. The molecule has 152 valence electrons. The van der Waals surface area contributed by atoms with Gasteiger partial charge < -0.3 is 0 Å². The first-order chi connectivity index (χ1) is 14.4. The highest BCUT2D eigenvalue weighted by Gasteiger charge is 2.24. The van der Waals surface area contributed by atoms with Gasteiger partial charge in [-0.15, -0.1) is 0 Å². The largest absolute Gasteiger partial charge is 0.298 e. The van der Waals surface area contributed by atoms with Gasteiger partial charge in [0, 0.05) is 36.8 Å². The lowest BCUT2D eigenvalue weighted by Crippen LogP contribution is -2.23. The molecule has 0 aliphatic rings. The predicted molar refractivity (Wildman–Crippen MR) is 107 cm³/mol. The molecule has 3 heterocycles. The molecule has 0 spiro atoms. The van der Waals surface area contributed by atoms with E-state index in [9.17, 15) is 17.2 Å². The van der Waals surface area contributed by atoms with Crippen LogP contribution in [-0.4, -0.2) is 40.5 Å². The van der Waals surface area contributed by atoms with Crippen LogP contribution >= 0.6 is 0 Å². The molecule has 0 unspecified atom stereocenters. The molecule has 0 aliphatic carbocycles. The van der Waals surface area contributed by atoms with E-state index in [4.69, 9.17) is 0 Å². The Bertz CT molecular complexity index is 1350. The molecule has 0 fully saturated rings. The lowest BCUT2D eigenvalue weighted by molar-refractivity contribution is 0.479. The Labute approximate surface area is 171 Å². The number of fused-ring (bicyclic) bond motifs is 1. The molecule has 3 aromatic heterocycles. The number of benzene rings is 1. The van der Waals surface area contributed by atoms with E-state index < -0.39 is 26.6 Å². The van der Waals surface area contributed by atoms with Crippen LogP contribution in [0.4, 0.5) is 8.78 Å². The van der Waals surface area contributed by atoms with Crippen LogP contribution in [0.5, 0.6) is 0 Å². The van der Waals surface area contributed by atoms with Crippen molar-refractivity contribution in [2.24, 2.45) is 5.10 Å². The standard InChI is InChI=1S/C20H15F2N5O2S/c1-26(30(28,29)19-9-16(21)5-6-18(19)22)25-12-17-11-24-20-7-4-15(13-27(17)20)14-3-2-8-23-10-14/h2-13H,1H3. The van der Waals surface area contributed by atoms with Gasteiger partial charge in [0.15, 0.2) is 0 Å². The molecule has 7 nitrogen and oxygen atoms in total. The minimum Gasteiger partial charge on any atom is -0.298 e. The SMILES string of the molecule is CN(N=Cc1cnc2ccc(-c3cccnc3)cn12)S(=O)(=O)c1cc(F)ccc1F. The van der Waals surface area contributed by atoms with E-state index in [1.165, 1.54) is 12.4 Å². The quantitative estimate of drug-likeness (QED) is 0.362. The zero-order valence-corrected chi connectivity index (χ0v) is 16.5. The van der Waals surface area contributed by atoms with Crippen molar-refractivity contribution in [2.45, 2.75) is 4.90 Å². The minimum atomic E-state index is -4.37. The summed E-state index contributed by atoms with van der Waals surface area (Å²) in [6, 6.07) is 9.64. The second-order valence-corrected chi connectivity index (χ2v) is 8.25. The molecule has 0 saturated carbocycles. The highest BCUT2D eigenvalue weighted by Crippen LogP contribution is 2.21. The van der Waals surface area contributed by atoms with E-state index in [1.807, 2.05) is 30.5 Å². The molecule has 0 radical (unpaired) electrons. The number of hydrogen-bond donors (Lipinski definition) is 0. The first-order valence-corrected chi connectivity index (χ1v) is 10.2. The van der Waals surface area contributed by atoms with E-state index >= 15 is 0 Å². The normalized spacial score (nSPS) is 12.0. The van der Waals surface area contributed by atoms with E-state index in [0.29, 0.717) is 21.8 Å². The molecule has 10 heteroatoms. The van der Waals surface area contributed by atoms with Gasteiger partial charge in [0.2, 0.25) is 0 Å². The van der Waals surface area contributed by atoms with E-state index in [1.54, 1.807) is 16.8 Å². The summed E-state index contributed by atoms with van der Waals surface area (Å²) in [5.74, 6) is -1.92. The highest BCUT2D eigenvalue weighted by molar-refractivity contribution is 7.89. The van der Waals surface area contributed by atoms with Crippen molar-refractivity contribution >= 4 is 21.9 Å². The first kappa shape index (κ1) is 19.6. The van der Waals surface area contributed by atoms with Crippen molar-refractivity contribution in [1.82, 2.24) is 18.8 Å². The number of rotatable bonds is 5. The van der Waals surface area contributed by atoms with Crippen molar-refractivity contribution in [2.75, 3.05) is 7.05 Å². The van der Waals surface area contributed by atoms with E-state index in [-0.39, 0.29) is 0 Å². The highest BCUT2D eigenvalue weighted by atomic mass is 32.2. The molecule has 0 bridgehead atoms. The summed E-state index contributed by atoms with van der Waals surface area (Å²) < 4.78 is 54.7. The van der Waals surface area contributed by atoms with Crippen LogP contribution in [0, 0.1) is 11.6 Å². The number of pyridine rings is 2. The summed E-state index contributed by atoms with van der Waals surface area (Å²) in [6.07, 6.45) is 8.02. The topological polar surface area (TPSA) is 79.9 Å². The number of halogens is 2. The summed E-state index contributed by atoms with van der Waals surface area (Å²) in [6.45, 7) is 0. The third-order valence-corrected chi connectivity index (χ3v) is 6.06. The Morgan fingerprint density at radius 3 is 2.70 bits per heavy atom. The van der Waals surface area contributed by atoms with Gasteiger partial charge >= 0.3 is 0 Å². The molecule has 4 aromatic rings. The molecule has 0 aliphatic heterocycles. The van der Waals surface area contributed by atoms with Crippen LogP contribution in [0.25, 0.3) is 16.8 Å². The maximum absolute atomic E-state index is 13.9. The fourth-order valence-electron chi connectivity index (χ4n) is 2.82. The Hall–Kier alpha value is -3.66. The average Bonchev–Trinajstić information content (AvgIpc) is 3.16. The summed E-state index contributed by atoms with van der Waals surface area (Å²) in [5.41, 5.74) is 2.91. The third-order valence-electron chi connectivity index (χ3n) is 4.40. The van der Waals surface area contributed by atoms with Crippen LogP contribution in [0.2, 0.25) is 0 Å². The van der Waals surface area contributed by atoms with Crippen molar-refractivity contribution in [1.29, 1.82) is 0 Å². The summed E-state index contributed by atoms with van der Waals surface area (Å²) in [5, 5.41) is 3.90. The van der Waals surface area contributed by atoms with Crippen molar-refractivity contribution in [3.05, 3.63) is 84.6 Å². The van der Waals surface area contributed by atoms with Gasteiger partial charge in [-0.25, -0.2) is 13.8 Å². The summed E-state index contributed by atoms with van der Waals surface area (Å²) in [4.78, 5) is 7.56. The lowest BCUT2D eigenvalue weighted by atomic mass is 10.1. The van der Waals surface area contributed by atoms with E-state index in [0.717, 1.165) is 30.3 Å². The van der Waals surface area contributed by atoms with E-state index in [2.05, 4.69) is 15.1 Å². The third kappa shape index (κ3) is 3.64. The minimum absolute atomic E-state index is 0.498. The van der Waals surface area contributed by atoms with Gasteiger partial charge in [-0.05, 0) is 36.4 Å². The lowest BCUT2D eigenvalue weighted by Gasteiger charge is -2.14. The Kier molecular flexibility index (Phi) is 5.00. The number of hydrazone groups is 1. The first-order valence-electron chi connectivity index (χ1n) is 8.72. The smallest absolute Gasteiger partial charge is 0.281 e. The van der Waals surface area contributed by atoms with Gasteiger partial charge in [0.05, 0.1) is 18.1 Å². The zero-order chi connectivity index (χ0) is 21.3. The second kappa shape index (κ2) is 7.64. The van der Waals surface area contributed by atoms with Gasteiger partial charge in [0.1, 0.15) is 22.2 Å². The Morgan fingerprint density at radius 2 is 1.93 bits per heavy atom. The van der Waals surface area contributed by atoms with Crippen LogP contribution < -0.4 is 0 Å². The van der Waals surface area contributed by atoms with Gasteiger partial charge in [-0.2, -0.15) is 17.9 Å². The maximum Gasteiger partial charge on any atom is 0.281 e. The van der Waals surface area contributed by atoms with Crippen LogP contribution in [-0.2, 0) is 10.0 Å². The van der Waals surface area contributed by atoms with Crippen LogP contribution in [0.1, 0.15) is 5.69 Å². The number of imidazole rings is 1. The molecule has 1 aromatic carbocycles. The maximum atomic E-state index is 13.9. The number of aromatic nitrogens is 3. The van der Waals surface area contributed by atoms with Gasteiger partial charge in [-0.1, -0.05) is 6.07 Å². The second-order valence-electron chi connectivity index (χ2n) is 6.33. The summed E-state index contributed by atoms with van der Waals surface area (Å²) in [7, 11) is -3.23. The van der Waals surface area contributed by atoms with Crippen molar-refractivity contribution < 1.29 is 17.2 Å². The molecule has 0 N–H and O–H groups in total. The number of nitrogens with zero attached hydrogens (tertiary/aromatic N) is 5. The predicted octanol–water partition coefficient (Wildman–Crippen LogP) is 3.33. The fourth-order valence-corrected chi connectivity index (χ4v) is 3.85. The molecule has 30 heavy (non-hydrogen) atoms. The number of sulfonamides is 1. The molecule has 0 amide bonds. The fraction of sp³-hybridized carbons (Fsp3) is 0.0500. The molecule has 0 saturated heterocycles. The van der Waals surface area contributed by atoms with Crippen LogP contribution in [0.3, 0.4) is 0 Å².